The molecule has 0 rings (SSSR count). The van der Waals surface area contributed by atoms with Crippen LogP contribution in [0.15, 0.2) is 10.2 Å². The number of thioether (sulfide) groups is 1. The Morgan fingerprint density at radius 3 is 1.35 bits per heavy atom. The largest absolute Gasteiger partial charge is 0.194 e. The quantitative estimate of drug-likeness (QED) is 0.174. The maximum atomic E-state index is 4.28. The van der Waals surface area contributed by atoms with Crippen LogP contribution in [0, 0.1) is 0 Å². The number of unbranched alkanes of at least 4 members (excludes halogenated alkanes) is 13. The van der Waals surface area contributed by atoms with Crippen LogP contribution in [-0.2, 0) is 0 Å². The lowest BCUT2D eigenvalue weighted by molar-refractivity contribution is 0.539. The summed E-state index contributed by atoms with van der Waals surface area (Å²) in [5.41, 5.74) is 0. The van der Waals surface area contributed by atoms with Crippen molar-refractivity contribution in [1.82, 2.24) is 0 Å². The average Bonchev–Trinajstić information content (AvgIpc) is 2.57. The molecule has 0 aromatic carbocycles. The number of hydrogen-bond acceptors (Lipinski definition) is 3. The lowest BCUT2D eigenvalue weighted by Crippen LogP contribution is -1.86. The highest BCUT2D eigenvalue weighted by atomic mass is 32.2. The molecule has 0 aliphatic rings. The van der Waals surface area contributed by atoms with Crippen molar-refractivity contribution in [1.29, 1.82) is 0 Å². The molecule has 23 heavy (non-hydrogen) atoms. The molecule has 0 amide bonds. The molecule has 0 aromatic rings. The molecule has 0 saturated carbocycles. The molecular weight excluding hydrogens is 300 g/mol. The molecule has 3 heteroatoms. The lowest BCUT2D eigenvalue weighted by Gasteiger charge is -2.02. The normalized spacial score (nSPS) is 11.6. The number of hydrogen-bond donors (Lipinski definition) is 0. The Kier molecular flexibility index (Phi) is 21.9. The van der Waals surface area contributed by atoms with Crippen molar-refractivity contribution in [2.24, 2.45) is 10.2 Å². The van der Waals surface area contributed by atoms with Crippen molar-refractivity contribution in [3.63, 3.8) is 0 Å². The van der Waals surface area contributed by atoms with Gasteiger partial charge in [-0.05, 0) is 31.3 Å². The monoisotopic (exact) mass is 342 g/mol. The molecular formula is C20H42N2S. The maximum Gasteiger partial charge on any atom is 0.0599 e. The minimum absolute atomic E-state index is 0.930. The van der Waals surface area contributed by atoms with Gasteiger partial charge in [-0.15, -0.1) is 0 Å². The highest BCUT2D eigenvalue weighted by Crippen LogP contribution is 2.12. The Morgan fingerprint density at radius 2 is 0.913 bits per heavy atom. The summed E-state index contributed by atoms with van der Waals surface area (Å²) in [5, 5.41) is 8.53. The van der Waals surface area contributed by atoms with Gasteiger partial charge in [0.2, 0.25) is 0 Å². The molecule has 0 aliphatic carbocycles. The van der Waals surface area contributed by atoms with Crippen molar-refractivity contribution < 1.29 is 0 Å². The fraction of sp³-hybridized carbons (Fsp3) is 1.00. The molecule has 0 aromatic heterocycles. The first-order valence-corrected chi connectivity index (χ1v) is 11.6. The fourth-order valence-corrected chi connectivity index (χ4v) is 3.26. The Labute approximate surface area is 150 Å². The molecule has 0 saturated heterocycles. The zero-order valence-corrected chi connectivity index (χ0v) is 16.8. The van der Waals surface area contributed by atoms with E-state index in [0.717, 1.165) is 13.1 Å². The summed E-state index contributed by atoms with van der Waals surface area (Å²) in [6.45, 7) is 4.16. The van der Waals surface area contributed by atoms with E-state index in [2.05, 4.69) is 23.4 Å². The molecule has 0 spiro atoms. The fourth-order valence-electron chi connectivity index (χ4n) is 2.77. The smallest absolute Gasteiger partial charge is 0.0599 e. The standard InChI is InChI=1S/C20H42N2S/c1-3-4-5-6-7-8-9-10-11-12-13-14-15-18-21-22-19-16-17-20-23-2/h3-20H2,1-2H3. The van der Waals surface area contributed by atoms with Gasteiger partial charge in [-0.2, -0.15) is 22.0 Å². The lowest BCUT2D eigenvalue weighted by atomic mass is 10.0. The van der Waals surface area contributed by atoms with Gasteiger partial charge in [0.05, 0.1) is 13.1 Å². The first-order valence-electron chi connectivity index (χ1n) is 10.2. The van der Waals surface area contributed by atoms with Crippen LogP contribution < -0.4 is 0 Å². The van der Waals surface area contributed by atoms with Crippen LogP contribution in [-0.4, -0.2) is 25.1 Å². The van der Waals surface area contributed by atoms with Gasteiger partial charge in [-0.1, -0.05) is 84.0 Å². The van der Waals surface area contributed by atoms with Crippen molar-refractivity contribution >= 4 is 11.8 Å². The highest BCUT2D eigenvalue weighted by molar-refractivity contribution is 7.98. The van der Waals surface area contributed by atoms with Crippen molar-refractivity contribution in [2.75, 3.05) is 25.1 Å². The van der Waals surface area contributed by atoms with E-state index in [9.17, 15) is 0 Å². The van der Waals surface area contributed by atoms with Gasteiger partial charge < -0.3 is 0 Å². The van der Waals surface area contributed by atoms with E-state index in [1.165, 1.54) is 102 Å². The third kappa shape index (κ3) is 21.9. The average molecular weight is 343 g/mol. The summed E-state index contributed by atoms with van der Waals surface area (Å²) in [6, 6.07) is 0. The highest BCUT2D eigenvalue weighted by Gasteiger charge is 1.93. The SMILES string of the molecule is CCCCCCCCCCCCCCCN=NCCCCSC. The topological polar surface area (TPSA) is 24.7 Å². The minimum Gasteiger partial charge on any atom is -0.194 e. The van der Waals surface area contributed by atoms with Gasteiger partial charge in [0.1, 0.15) is 0 Å². The number of nitrogens with zero attached hydrogens (tertiary/aromatic N) is 2. The van der Waals surface area contributed by atoms with Crippen LogP contribution in [0.3, 0.4) is 0 Å². The molecule has 0 atom stereocenters. The van der Waals surface area contributed by atoms with Crippen LogP contribution in [0.1, 0.15) is 103 Å². The molecule has 2 nitrogen and oxygen atoms in total. The summed E-state index contributed by atoms with van der Waals surface area (Å²) in [4.78, 5) is 0. The predicted octanol–water partition coefficient (Wildman–Crippen LogP) is 7.67. The van der Waals surface area contributed by atoms with Crippen LogP contribution >= 0.6 is 11.8 Å². The predicted molar refractivity (Wildman–Crippen MR) is 108 cm³/mol. The summed E-state index contributed by atoms with van der Waals surface area (Å²) in [7, 11) is 0. The summed E-state index contributed by atoms with van der Waals surface area (Å²) < 4.78 is 0. The summed E-state index contributed by atoms with van der Waals surface area (Å²) in [5.74, 6) is 1.26. The zero-order valence-electron chi connectivity index (χ0n) is 16.0. The van der Waals surface area contributed by atoms with E-state index in [4.69, 9.17) is 0 Å². The van der Waals surface area contributed by atoms with Crippen molar-refractivity contribution in [2.45, 2.75) is 103 Å². The summed E-state index contributed by atoms with van der Waals surface area (Å²) >= 11 is 1.92. The molecule has 0 aliphatic heterocycles. The van der Waals surface area contributed by atoms with E-state index in [1.807, 2.05) is 11.8 Å². The molecule has 0 radical (unpaired) electrons. The van der Waals surface area contributed by atoms with Gasteiger partial charge in [0.15, 0.2) is 0 Å². The second-order valence-corrected chi connectivity index (χ2v) is 7.66. The van der Waals surface area contributed by atoms with E-state index in [-0.39, 0.29) is 0 Å². The van der Waals surface area contributed by atoms with E-state index in [0.29, 0.717) is 0 Å². The zero-order chi connectivity index (χ0) is 16.8. The Balaban J connectivity index is 3.01. The molecule has 0 fully saturated rings. The van der Waals surface area contributed by atoms with Crippen LogP contribution in [0.2, 0.25) is 0 Å². The van der Waals surface area contributed by atoms with Gasteiger partial charge >= 0.3 is 0 Å². The summed E-state index contributed by atoms with van der Waals surface area (Å²) in [6.07, 6.45) is 23.0. The van der Waals surface area contributed by atoms with Gasteiger partial charge in [-0.3, -0.25) is 0 Å². The van der Waals surface area contributed by atoms with E-state index in [1.54, 1.807) is 0 Å². The Hall–Kier alpha value is -0.0500. The Bertz CT molecular complexity index is 232. The van der Waals surface area contributed by atoms with Crippen molar-refractivity contribution in [3.8, 4) is 0 Å². The third-order valence-electron chi connectivity index (χ3n) is 4.32. The van der Waals surface area contributed by atoms with E-state index >= 15 is 0 Å². The number of rotatable bonds is 19. The number of azo groups is 1. The third-order valence-corrected chi connectivity index (χ3v) is 5.02. The molecule has 0 unspecified atom stereocenters. The minimum atomic E-state index is 0.930. The van der Waals surface area contributed by atoms with E-state index < -0.39 is 0 Å². The molecule has 0 bridgehead atoms. The van der Waals surface area contributed by atoms with Crippen LogP contribution in [0.5, 0.6) is 0 Å². The molecule has 138 valence electrons. The van der Waals surface area contributed by atoms with Gasteiger partial charge in [0, 0.05) is 0 Å². The van der Waals surface area contributed by atoms with Crippen LogP contribution in [0.25, 0.3) is 0 Å². The maximum absolute atomic E-state index is 4.28. The first kappa shape index (κ1) is 22.9. The first-order chi connectivity index (χ1) is 11.4. The second kappa shape index (κ2) is 21.9. The van der Waals surface area contributed by atoms with Gasteiger partial charge in [0.25, 0.3) is 0 Å². The molecule has 0 N–H and O–H groups in total. The molecule has 0 heterocycles. The van der Waals surface area contributed by atoms with Crippen molar-refractivity contribution in [3.05, 3.63) is 0 Å². The van der Waals surface area contributed by atoms with Crippen LogP contribution in [0.4, 0.5) is 0 Å². The Morgan fingerprint density at radius 1 is 0.522 bits per heavy atom. The van der Waals surface area contributed by atoms with Gasteiger partial charge in [-0.25, -0.2) is 0 Å². The second-order valence-electron chi connectivity index (χ2n) is 6.67.